The molecular weight excluding hydrogens is 272 g/mol. The van der Waals surface area contributed by atoms with Gasteiger partial charge in [-0.25, -0.2) is 13.1 Å². The molecule has 1 fully saturated rings. The monoisotopic (exact) mass is 292 g/mol. The number of rotatable bonds is 4. The summed E-state index contributed by atoms with van der Waals surface area (Å²) in [4.78, 5) is 0.267. The van der Waals surface area contributed by atoms with E-state index >= 15 is 0 Å². The molecule has 20 heavy (non-hydrogen) atoms. The molecule has 5 heteroatoms. The summed E-state index contributed by atoms with van der Waals surface area (Å²) in [6, 6.07) is 8.58. The van der Waals surface area contributed by atoms with Crippen molar-refractivity contribution in [3.8, 4) is 6.07 Å². The van der Waals surface area contributed by atoms with Crippen molar-refractivity contribution in [1.29, 1.82) is 5.26 Å². The second-order valence-electron chi connectivity index (χ2n) is 6.20. The van der Waals surface area contributed by atoms with Gasteiger partial charge in [0.15, 0.2) is 0 Å². The molecule has 1 N–H and O–H groups in total. The van der Waals surface area contributed by atoms with Crippen LogP contribution >= 0.6 is 0 Å². The van der Waals surface area contributed by atoms with Crippen LogP contribution in [0.4, 0.5) is 0 Å². The quantitative estimate of drug-likeness (QED) is 0.927. The summed E-state index contributed by atoms with van der Waals surface area (Å²) < 4.78 is 27.4. The molecule has 1 unspecified atom stereocenters. The maximum Gasteiger partial charge on any atom is 0.240 e. The summed E-state index contributed by atoms with van der Waals surface area (Å²) in [6.45, 7) is 4.33. The average Bonchev–Trinajstić information content (AvgIpc) is 2.69. The van der Waals surface area contributed by atoms with E-state index in [2.05, 4.69) is 18.6 Å². The van der Waals surface area contributed by atoms with Gasteiger partial charge in [0.1, 0.15) is 0 Å². The summed E-state index contributed by atoms with van der Waals surface area (Å²) >= 11 is 0. The molecule has 0 spiro atoms. The molecule has 1 aliphatic carbocycles. The smallest absolute Gasteiger partial charge is 0.208 e. The van der Waals surface area contributed by atoms with Crippen LogP contribution in [0, 0.1) is 16.7 Å². The molecule has 4 nitrogen and oxygen atoms in total. The maximum absolute atomic E-state index is 12.3. The standard InChI is InChI=1S/C15H20N2O2S/c1-15(2)9-7-13(11-15)17-20(18,19)14-5-3-12(4-6-14)8-10-16/h3-6,13,17H,7-9,11H2,1-2H3. The van der Waals surface area contributed by atoms with Crippen molar-refractivity contribution >= 4 is 10.0 Å². The molecule has 0 amide bonds. The molecule has 0 saturated heterocycles. The Hall–Kier alpha value is -1.38. The Labute approximate surface area is 120 Å². The van der Waals surface area contributed by atoms with E-state index in [4.69, 9.17) is 5.26 Å². The van der Waals surface area contributed by atoms with Crippen LogP contribution in [0.3, 0.4) is 0 Å². The van der Waals surface area contributed by atoms with E-state index in [0.29, 0.717) is 6.42 Å². The van der Waals surface area contributed by atoms with Crippen molar-refractivity contribution in [3.05, 3.63) is 29.8 Å². The normalized spacial score (nSPS) is 21.6. The van der Waals surface area contributed by atoms with E-state index in [1.165, 1.54) is 0 Å². The van der Waals surface area contributed by atoms with Crippen LogP contribution in [0.15, 0.2) is 29.2 Å². The molecular formula is C15H20N2O2S. The highest BCUT2D eigenvalue weighted by atomic mass is 32.2. The largest absolute Gasteiger partial charge is 0.240 e. The number of sulfonamides is 1. The lowest BCUT2D eigenvalue weighted by Gasteiger charge is -2.18. The van der Waals surface area contributed by atoms with Crippen LogP contribution in [0.25, 0.3) is 0 Å². The van der Waals surface area contributed by atoms with Crippen molar-refractivity contribution in [2.75, 3.05) is 0 Å². The van der Waals surface area contributed by atoms with Crippen molar-refractivity contribution in [3.63, 3.8) is 0 Å². The highest BCUT2D eigenvalue weighted by molar-refractivity contribution is 7.89. The number of hydrogen-bond acceptors (Lipinski definition) is 3. The van der Waals surface area contributed by atoms with Gasteiger partial charge in [-0.05, 0) is 42.4 Å². The van der Waals surface area contributed by atoms with Crippen molar-refractivity contribution in [1.82, 2.24) is 4.72 Å². The Morgan fingerprint density at radius 2 is 2.00 bits per heavy atom. The SMILES string of the molecule is CC1(C)CCC(NS(=O)(=O)c2ccc(CC#N)cc2)C1. The van der Waals surface area contributed by atoms with Crippen molar-refractivity contribution in [2.24, 2.45) is 5.41 Å². The number of benzene rings is 1. The van der Waals surface area contributed by atoms with E-state index in [9.17, 15) is 8.42 Å². The van der Waals surface area contributed by atoms with Gasteiger partial charge in [0.05, 0.1) is 17.4 Å². The molecule has 0 heterocycles. The summed E-state index contributed by atoms with van der Waals surface area (Å²) in [5, 5.41) is 8.61. The third-order valence-electron chi connectivity index (χ3n) is 3.81. The van der Waals surface area contributed by atoms with Gasteiger partial charge in [-0.2, -0.15) is 5.26 Å². The predicted molar refractivity (Wildman–Crippen MR) is 77.5 cm³/mol. The lowest BCUT2D eigenvalue weighted by atomic mass is 9.92. The van der Waals surface area contributed by atoms with Crippen LogP contribution in [0.1, 0.15) is 38.7 Å². The highest BCUT2D eigenvalue weighted by Crippen LogP contribution is 2.37. The Balaban J connectivity index is 2.09. The molecule has 0 radical (unpaired) electrons. The fraction of sp³-hybridized carbons (Fsp3) is 0.533. The minimum absolute atomic E-state index is 0.0220. The summed E-state index contributed by atoms with van der Waals surface area (Å²) in [6.07, 6.45) is 3.10. The number of hydrogen-bond donors (Lipinski definition) is 1. The maximum atomic E-state index is 12.3. The average molecular weight is 292 g/mol. The molecule has 1 atom stereocenters. The Morgan fingerprint density at radius 3 is 2.50 bits per heavy atom. The minimum Gasteiger partial charge on any atom is -0.208 e. The van der Waals surface area contributed by atoms with Gasteiger partial charge in [0.25, 0.3) is 0 Å². The van der Waals surface area contributed by atoms with E-state index in [1.54, 1.807) is 24.3 Å². The Bertz CT molecular complexity index is 612. The van der Waals surface area contributed by atoms with Crippen molar-refractivity contribution in [2.45, 2.75) is 50.5 Å². The molecule has 0 aromatic heterocycles. The van der Waals surface area contributed by atoms with Gasteiger partial charge in [0, 0.05) is 6.04 Å². The van der Waals surface area contributed by atoms with Gasteiger partial charge in [-0.15, -0.1) is 0 Å². The molecule has 2 rings (SSSR count). The molecule has 1 aromatic rings. The fourth-order valence-corrected chi connectivity index (χ4v) is 3.97. The molecule has 0 aliphatic heterocycles. The Morgan fingerprint density at radius 1 is 1.35 bits per heavy atom. The van der Waals surface area contributed by atoms with Crippen LogP contribution in [0.2, 0.25) is 0 Å². The summed E-state index contributed by atoms with van der Waals surface area (Å²) in [7, 11) is -3.46. The van der Waals surface area contributed by atoms with Gasteiger partial charge < -0.3 is 0 Å². The van der Waals surface area contributed by atoms with Gasteiger partial charge in [0.2, 0.25) is 10.0 Å². The van der Waals surface area contributed by atoms with E-state index in [-0.39, 0.29) is 16.4 Å². The van der Waals surface area contributed by atoms with Crippen LogP contribution in [-0.2, 0) is 16.4 Å². The van der Waals surface area contributed by atoms with Gasteiger partial charge in [-0.1, -0.05) is 26.0 Å². The first-order chi connectivity index (χ1) is 9.32. The lowest BCUT2D eigenvalue weighted by Crippen LogP contribution is -2.33. The van der Waals surface area contributed by atoms with Gasteiger partial charge in [-0.3, -0.25) is 0 Å². The van der Waals surface area contributed by atoms with Crippen LogP contribution < -0.4 is 4.72 Å². The second kappa shape index (κ2) is 5.55. The minimum atomic E-state index is -3.46. The molecule has 1 aliphatic rings. The third kappa shape index (κ3) is 3.59. The van der Waals surface area contributed by atoms with Gasteiger partial charge >= 0.3 is 0 Å². The predicted octanol–water partition coefficient (Wildman–Crippen LogP) is 2.61. The van der Waals surface area contributed by atoms with E-state index in [0.717, 1.165) is 24.8 Å². The van der Waals surface area contributed by atoms with E-state index in [1.807, 2.05) is 6.07 Å². The van der Waals surface area contributed by atoms with Crippen LogP contribution in [0.5, 0.6) is 0 Å². The fourth-order valence-electron chi connectivity index (χ4n) is 2.70. The number of nitrogens with zero attached hydrogens (tertiary/aromatic N) is 1. The zero-order chi connectivity index (χ0) is 14.8. The molecule has 1 aromatic carbocycles. The molecule has 1 saturated carbocycles. The molecule has 108 valence electrons. The topological polar surface area (TPSA) is 70.0 Å². The van der Waals surface area contributed by atoms with Crippen LogP contribution in [-0.4, -0.2) is 14.5 Å². The summed E-state index contributed by atoms with van der Waals surface area (Å²) in [5.41, 5.74) is 1.04. The third-order valence-corrected chi connectivity index (χ3v) is 5.34. The Kier molecular flexibility index (Phi) is 4.17. The van der Waals surface area contributed by atoms with E-state index < -0.39 is 10.0 Å². The first kappa shape index (κ1) is 15.0. The first-order valence-electron chi connectivity index (χ1n) is 6.81. The van der Waals surface area contributed by atoms with Crippen molar-refractivity contribution < 1.29 is 8.42 Å². The summed E-state index contributed by atoms with van der Waals surface area (Å²) in [5.74, 6) is 0. The second-order valence-corrected chi connectivity index (χ2v) is 7.92. The lowest BCUT2D eigenvalue weighted by molar-refractivity contribution is 0.372. The number of nitrogens with one attached hydrogen (secondary N) is 1. The number of nitriles is 1. The zero-order valence-corrected chi connectivity index (χ0v) is 12.7. The zero-order valence-electron chi connectivity index (χ0n) is 11.9. The molecule has 0 bridgehead atoms. The first-order valence-corrected chi connectivity index (χ1v) is 8.29. The highest BCUT2D eigenvalue weighted by Gasteiger charge is 2.33.